The molecule has 1 aromatic heterocycles. The lowest BCUT2D eigenvalue weighted by molar-refractivity contribution is 1.06. The average Bonchev–Trinajstić information content (AvgIpc) is 2.62. The smallest absolute Gasteiger partial charge is 0.118 e. The standard InChI is InChI=1S/C11H11N3/c1-7-8(5-12)2-3-11-10(7)4-9(6-13)14-11/h2-4,14H,5,12H2,1H3. The van der Waals surface area contributed by atoms with Crippen LogP contribution in [0.3, 0.4) is 0 Å². The summed E-state index contributed by atoms with van der Waals surface area (Å²) < 4.78 is 0. The quantitative estimate of drug-likeness (QED) is 0.711. The van der Waals surface area contributed by atoms with Gasteiger partial charge in [-0.1, -0.05) is 6.07 Å². The summed E-state index contributed by atoms with van der Waals surface area (Å²) in [5, 5.41) is 9.84. The SMILES string of the molecule is Cc1c(CN)ccc2[nH]c(C#N)cc12. The summed E-state index contributed by atoms with van der Waals surface area (Å²) in [4.78, 5) is 3.04. The van der Waals surface area contributed by atoms with Gasteiger partial charge in [0.05, 0.1) is 0 Å². The van der Waals surface area contributed by atoms with Crippen molar-refractivity contribution in [2.75, 3.05) is 0 Å². The predicted molar refractivity (Wildman–Crippen MR) is 55.6 cm³/mol. The van der Waals surface area contributed by atoms with E-state index < -0.39 is 0 Å². The van der Waals surface area contributed by atoms with Crippen LogP contribution in [0.2, 0.25) is 0 Å². The number of nitrogens with zero attached hydrogens (tertiary/aromatic N) is 1. The van der Waals surface area contributed by atoms with Crippen molar-refractivity contribution < 1.29 is 0 Å². The zero-order valence-electron chi connectivity index (χ0n) is 7.96. The number of benzene rings is 1. The molecule has 0 radical (unpaired) electrons. The van der Waals surface area contributed by atoms with Crippen LogP contribution in [-0.2, 0) is 6.54 Å². The van der Waals surface area contributed by atoms with Crippen molar-refractivity contribution in [3.8, 4) is 6.07 Å². The van der Waals surface area contributed by atoms with Crippen LogP contribution in [0, 0.1) is 18.3 Å². The molecule has 0 atom stereocenters. The molecule has 14 heavy (non-hydrogen) atoms. The van der Waals surface area contributed by atoms with E-state index in [0.29, 0.717) is 12.2 Å². The zero-order chi connectivity index (χ0) is 10.1. The van der Waals surface area contributed by atoms with Crippen molar-refractivity contribution in [2.24, 2.45) is 5.73 Å². The lowest BCUT2D eigenvalue weighted by atomic mass is 10.0. The lowest BCUT2D eigenvalue weighted by Gasteiger charge is -2.02. The minimum absolute atomic E-state index is 0.537. The third-order valence-corrected chi connectivity index (χ3v) is 2.53. The third kappa shape index (κ3) is 1.17. The number of nitrogens with two attached hydrogens (primary N) is 1. The molecule has 70 valence electrons. The van der Waals surface area contributed by atoms with E-state index in [-0.39, 0.29) is 0 Å². The molecule has 2 aromatic rings. The molecule has 0 saturated carbocycles. The van der Waals surface area contributed by atoms with E-state index in [4.69, 9.17) is 11.0 Å². The number of hydrogen-bond donors (Lipinski definition) is 2. The highest BCUT2D eigenvalue weighted by Crippen LogP contribution is 2.22. The van der Waals surface area contributed by atoms with E-state index in [0.717, 1.165) is 22.0 Å². The van der Waals surface area contributed by atoms with Crippen LogP contribution in [-0.4, -0.2) is 4.98 Å². The number of nitrogens with one attached hydrogen (secondary N) is 1. The van der Waals surface area contributed by atoms with Crippen LogP contribution in [0.5, 0.6) is 0 Å². The van der Waals surface area contributed by atoms with Crippen LogP contribution in [0.4, 0.5) is 0 Å². The maximum absolute atomic E-state index is 8.75. The van der Waals surface area contributed by atoms with E-state index in [1.54, 1.807) is 0 Å². The monoisotopic (exact) mass is 185 g/mol. The number of hydrogen-bond acceptors (Lipinski definition) is 2. The summed E-state index contributed by atoms with van der Waals surface area (Å²) in [6, 6.07) is 7.92. The molecule has 0 fully saturated rings. The fourth-order valence-corrected chi connectivity index (χ4v) is 1.68. The molecule has 0 unspecified atom stereocenters. The van der Waals surface area contributed by atoms with Crippen molar-refractivity contribution in [1.29, 1.82) is 5.26 Å². The fraction of sp³-hybridized carbons (Fsp3) is 0.182. The number of fused-ring (bicyclic) bond motifs is 1. The second-order valence-electron chi connectivity index (χ2n) is 3.31. The van der Waals surface area contributed by atoms with E-state index in [2.05, 4.69) is 11.1 Å². The molecular weight excluding hydrogens is 174 g/mol. The van der Waals surface area contributed by atoms with Gasteiger partial charge >= 0.3 is 0 Å². The van der Waals surface area contributed by atoms with Crippen LogP contribution in [0.1, 0.15) is 16.8 Å². The third-order valence-electron chi connectivity index (χ3n) is 2.53. The van der Waals surface area contributed by atoms with Crippen molar-refractivity contribution >= 4 is 10.9 Å². The second-order valence-corrected chi connectivity index (χ2v) is 3.31. The normalized spacial score (nSPS) is 10.4. The second kappa shape index (κ2) is 3.17. The summed E-state index contributed by atoms with van der Waals surface area (Å²) in [5.41, 5.74) is 9.48. The van der Waals surface area contributed by atoms with Crippen molar-refractivity contribution in [2.45, 2.75) is 13.5 Å². The Hall–Kier alpha value is -1.79. The number of aryl methyl sites for hydroxylation is 1. The van der Waals surface area contributed by atoms with E-state index in [1.807, 2.05) is 25.1 Å². The van der Waals surface area contributed by atoms with E-state index >= 15 is 0 Å². The Kier molecular flexibility index (Phi) is 1.99. The number of aromatic amines is 1. The molecule has 1 heterocycles. The highest BCUT2D eigenvalue weighted by Gasteiger charge is 2.05. The summed E-state index contributed by atoms with van der Waals surface area (Å²) in [5.74, 6) is 0. The Balaban J connectivity index is 2.76. The predicted octanol–water partition coefficient (Wildman–Crippen LogP) is 1.81. The first-order chi connectivity index (χ1) is 6.76. The van der Waals surface area contributed by atoms with Gasteiger partial charge in [-0.25, -0.2) is 0 Å². The van der Waals surface area contributed by atoms with Gasteiger partial charge in [-0.05, 0) is 30.2 Å². The molecule has 1 aromatic carbocycles. The van der Waals surface area contributed by atoms with E-state index in [9.17, 15) is 0 Å². The van der Waals surface area contributed by atoms with E-state index in [1.165, 1.54) is 0 Å². The van der Waals surface area contributed by atoms with Gasteiger partial charge in [-0.15, -0.1) is 0 Å². The van der Waals surface area contributed by atoms with Crippen molar-refractivity contribution in [1.82, 2.24) is 4.98 Å². The molecule has 0 bridgehead atoms. The summed E-state index contributed by atoms with van der Waals surface area (Å²) in [7, 11) is 0. The van der Waals surface area contributed by atoms with Crippen LogP contribution >= 0.6 is 0 Å². The van der Waals surface area contributed by atoms with Gasteiger partial charge in [0.25, 0.3) is 0 Å². The van der Waals surface area contributed by atoms with Gasteiger partial charge in [-0.3, -0.25) is 0 Å². The maximum Gasteiger partial charge on any atom is 0.118 e. The molecule has 0 aliphatic carbocycles. The highest BCUT2D eigenvalue weighted by atomic mass is 14.7. The first-order valence-corrected chi connectivity index (χ1v) is 4.47. The lowest BCUT2D eigenvalue weighted by Crippen LogP contribution is -1.98. The molecule has 2 rings (SSSR count). The minimum atomic E-state index is 0.537. The molecule has 3 heteroatoms. The minimum Gasteiger partial charge on any atom is -0.346 e. The average molecular weight is 185 g/mol. The Labute approximate surface area is 82.1 Å². The largest absolute Gasteiger partial charge is 0.346 e. The first kappa shape index (κ1) is 8.79. The van der Waals surface area contributed by atoms with Crippen molar-refractivity contribution in [3.05, 3.63) is 35.0 Å². The summed E-state index contributed by atoms with van der Waals surface area (Å²) >= 11 is 0. The van der Waals surface area contributed by atoms with Crippen LogP contribution in [0.15, 0.2) is 18.2 Å². The number of aromatic nitrogens is 1. The molecule has 3 N–H and O–H groups in total. The van der Waals surface area contributed by atoms with Gasteiger partial charge in [0.15, 0.2) is 0 Å². The Morgan fingerprint density at radius 1 is 1.50 bits per heavy atom. The van der Waals surface area contributed by atoms with Gasteiger partial charge in [-0.2, -0.15) is 5.26 Å². The molecule has 0 spiro atoms. The topological polar surface area (TPSA) is 65.6 Å². The van der Waals surface area contributed by atoms with Gasteiger partial charge in [0.2, 0.25) is 0 Å². The Morgan fingerprint density at radius 2 is 2.29 bits per heavy atom. The summed E-state index contributed by atoms with van der Waals surface area (Å²) in [6.07, 6.45) is 0. The van der Waals surface area contributed by atoms with Gasteiger partial charge in [0.1, 0.15) is 11.8 Å². The Morgan fingerprint density at radius 3 is 2.93 bits per heavy atom. The zero-order valence-corrected chi connectivity index (χ0v) is 7.96. The fourth-order valence-electron chi connectivity index (χ4n) is 1.68. The number of rotatable bonds is 1. The summed E-state index contributed by atoms with van der Waals surface area (Å²) in [6.45, 7) is 2.56. The maximum atomic E-state index is 8.75. The molecule has 3 nitrogen and oxygen atoms in total. The Bertz CT molecular complexity index is 517. The molecule has 0 saturated heterocycles. The number of H-pyrrole nitrogens is 1. The highest BCUT2D eigenvalue weighted by molar-refractivity contribution is 5.85. The van der Waals surface area contributed by atoms with Gasteiger partial charge in [0, 0.05) is 17.4 Å². The molecule has 0 amide bonds. The van der Waals surface area contributed by atoms with Crippen LogP contribution in [0.25, 0.3) is 10.9 Å². The molecule has 0 aliphatic heterocycles. The first-order valence-electron chi connectivity index (χ1n) is 4.47. The van der Waals surface area contributed by atoms with Crippen LogP contribution < -0.4 is 5.73 Å². The number of nitriles is 1. The van der Waals surface area contributed by atoms with Crippen molar-refractivity contribution in [3.63, 3.8) is 0 Å². The molecular formula is C11H11N3. The molecule has 0 aliphatic rings. The van der Waals surface area contributed by atoms with Gasteiger partial charge < -0.3 is 10.7 Å².